The Morgan fingerprint density at radius 1 is 1.04 bits per heavy atom. The molecule has 0 bridgehead atoms. The summed E-state index contributed by atoms with van der Waals surface area (Å²) in [5.74, 6) is -0.215. The molecule has 2 atom stereocenters. The molecule has 144 valence electrons. The fraction of sp³-hybridized carbons (Fsp3) is 0.300. The van der Waals surface area contributed by atoms with Crippen LogP contribution < -0.4 is 16.4 Å². The van der Waals surface area contributed by atoms with Crippen LogP contribution in [0.3, 0.4) is 0 Å². The van der Waals surface area contributed by atoms with Crippen molar-refractivity contribution >= 4 is 47.2 Å². The molecule has 3 rings (SSSR count). The van der Waals surface area contributed by atoms with E-state index in [0.717, 1.165) is 19.3 Å². The van der Waals surface area contributed by atoms with Crippen molar-refractivity contribution in [1.29, 1.82) is 0 Å². The molecule has 5 nitrogen and oxygen atoms in total. The van der Waals surface area contributed by atoms with Crippen molar-refractivity contribution in [1.82, 2.24) is 0 Å². The van der Waals surface area contributed by atoms with Gasteiger partial charge >= 0.3 is 0 Å². The molecule has 1 fully saturated rings. The second-order valence-electron chi connectivity index (χ2n) is 6.54. The minimum Gasteiger partial charge on any atom is -0.330 e. The van der Waals surface area contributed by atoms with Crippen molar-refractivity contribution in [3.8, 4) is 0 Å². The molecule has 1 aliphatic rings. The number of para-hydroxylation sites is 1. The maximum atomic E-state index is 12.5. The van der Waals surface area contributed by atoms with E-state index in [1.54, 1.807) is 30.3 Å². The average molecular weight is 408 g/mol. The molecule has 0 aromatic heterocycles. The van der Waals surface area contributed by atoms with Gasteiger partial charge in [0, 0.05) is 17.3 Å². The van der Waals surface area contributed by atoms with Gasteiger partial charge in [-0.2, -0.15) is 0 Å². The maximum absolute atomic E-state index is 12.5. The highest BCUT2D eigenvalue weighted by Gasteiger charge is 2.32. The number of rotatable bonds is 5. The van der Waals surface area contributed by atoms with Gasteiger partial charge in [-0.3, -0.25) is 9.59 Å². The van der Waals surface area contributed by atoms with Gasteiger partial charge in [-0.25, -0.2) is 0 Å². The van der Waals surface area contributed by atoms with Crippen molar-refractivity contribution in [3.05, 3.63) is 59.1 Å². The van der Waals surface area contributed by atoms with Crippen LogP contribution in [0.25, 0.3) is 0 Å². The highest BCUT2D eigenvalue weighted by atomic mass is 35.5. The number of carbonyl (C=O) groups is 2. The summed E-state index contributed by atoms with van der Waals surface area (Å²) in [5.41, 5.74) is 7.31. The quantitative estimate of drug-likeness (QED) is 0.689. The summed E-state index contributed by atoms with van der Waals surface area (Å²) in [4.78, 5) is 25.0. The molecular weight excluding hydrogens is 385 g/mol. The number of hydrogen-bond acceptors (Lipinski definition) is 3. The number of nitrogens with two attached hydrogens (primary N) is 1. The number of hydrogen-bond donors (Lipinski definition) is 3. The molecule has 0 spiro atoms. The van der Waals surface area contributed by atoms with Crippen molar-refractivity contribution < 1.29 is 9.59 Å². The lowest BCUT2D eigenvalue weighted by molar-refractivity contribution is -0.120. The molecule has 0 aliphatic heterocycles. The minimum absolute atomic E-state index is 0. The number of halogens is 2. The summed E-state index contributed by atoms with van der Waals surface area (Å²) in [6.45, 7) is 0.517. The Kier molecular flexibility index (Phi) is 7.66. The standard InChI is InChI=1S/C20H22ClN3O2.ClH/c21-18-10-9-15(24-19(25)16-8-4-5-13(16)12-22)11-17(18)20(26)23-14-6-2-1-3-7-14;/h1-3,6-7,9-11,13,16H,4-5,8,12,22H2,(H,23,26)(H,24,25);1H/t13-,16-;/m1./s1. The largest absolute Gasteiger partial charge is 0.330 e. The lowest BCUT2D eigenvalue weighted by atomic mass is 9.95. The summed E-state index contributed by atoms with van der Waals surface area (Å²) >= 11 is 6.18. The first kappa shape index (κ1) is 21.2. The minimum atomic E-state index is -0.321. The molecule has 7 heteroatoms. The van der Waals surface area contributed by atoms with E-state index in [0.29, 0.717) is 28.5 Å². The fourth-order valence-corrected chi connectivity index (χ4v) is 3.60. The summed E-state index contributed by atoms with van der Waals surface area (Å²) in [7, 11) is 0. The Balaban J connectivity index is 0.00000261. The Morgan fingerprint density at radius 2 is 1.78 bits per heavy atom. The van der Waals surface area contributed by atoms with E-state index >= 15 is 0 Å². The van der Waals surface area contributed by atoms with Gasteiger partial charge in [-0.15, -0.1) is 12.4 Å². The van der Waals surface area contributed by atoms with E-state index in [1.807, 2.05) is 18.2 Å². The van der Waals surface area contributed by atoms with Crippen LogP contribution in [-0.4, -0.2) is 18.4 Å². The highest BCUT2D eigenvalue weighted by molar-refractivity contribution is 6.34. The first-order chi connectivity index (χ1) is 12.6. The monoisotopic (exact) mass is 407 g/mol. The Hall–Kier alpha value is -2.08. The summed E-state index contributed by atoms with van der Waals surface area (Å²) in [6, 6.07) is 14.1. The van der Waals surface area contributed by atoms with Crippen molar-refractivity contribution in [2.75, 3.05) is 17.2 Å². The van der Waals surface area contributed by atoms with Gasteiger partial charge in [0.25, 0.3) is 5.91 Å². The van der Waals surface area contributed by atoms with Gasteiger partial charge in [0.1, 0.15) is 0 Å². The van der Waals surface area contributed by atoms with Crippen LogP contribution in [0.4, 0.5) is 11.4 Å². The Morgan fingerprint density at radius 3 is 2.48 bits per heavy atom. The number of anilines is 2. The van der Waals surface area contributed by atoms with Crippen LogP contribution in [0.15, 0.2) is 48.5 Å². The number of carbonyl (C=O) groups excluding carboxylic acids is 2. The normalized spacial score (nSPS) is 18.4. The van der Waals surface area contributed by atoms with E-state index in [1.165, 1.54) is 0 Å². The summed E-state index contributed by atoms with van der Waals surface area (Å²) in [6.07, 6.45) is 2.86. The third-order valence-electron chi connectivity index (χ3n) is 4.81. The van der Waals surface area contributed by atoms with Gasteiger partial charge in [0.05, 0.1) is 10.6 Å². The van der Waals surface area contributed by atoms with E-state index in [-0.39, 0.29) is 36.1 Å². The smallest absolute Gasteiger partial charge is 0.257 e. The third-order valence-corrected chi connectivity index (χ3v) is 5.14. The molecule has 0 heterocycles. The molecule has 2 aromatic rings. The molecule has 0 saturated heterocycles. The molecule has 0 unspecified atom stereocenters. The second-order valence-corrected chi connectivity index (χ2v) is 6.94. The molecule has 0 radical (unpaired) electrons. The van der Waals surface area contributed by atoms with Crippen LogP contribution in [0, 0.1) is 11.8 Å². The van der Waals surface area contributed by atoms with Crippen molar-refractivity contribution in [3.63, 3.8) is 0 Å². The first-order valence-electron chi connectivity index (χ1n) is 8.75. The van der Waals surface area contributed by atoms with Crippen LogP contribution >= 0.6 is 24.0 Å². The zero-order valence-electron chi connectivity index (χ0n) is 14.8. The van der Waals surface area contributed by atoms with E-state index in [9.17, 15) is 9.59 Å². The Labute approximate surface area is 170 Å². The predicted octanol–water partition coefficient (Wildman–Crippen LogP) is 4.33. The average Bonchev–Trinajstić information content (AvgIpc) is 3.13. The van der Waals surface area contributed by atoms with Gasteiger partial charge in [-0.05, 0) is 55.6 Å². The van der Waals surface area contributed by atoms with Crippen LogP contribution in [0.5, 0.6) is 0 Å². The molecule has 2 amide bonds. The number of nitrogens with one attached hydrogen (secondary N) is 2. The zero-order valence-corrected chi connectivity index (χ0v) is 16.4. The van der Waals surface area contributed by atoms with Crippen molar-refractivity contribution in [2.24, 2.45) is 17.6 Å². The molecule has 2 aromatic carbocycles. The van der Waals surface area contributed by atoms with Crippen LogP contribution in [0.2, 0.25) is 5.02 Å². The highest BCUT2D eigenvalue weighted by Crippen LogP contribution is 2.32. The fourth-order valence-electron chi connectivity index (χ4n) is 3.40. The van der Waals surface area contributed by atoms with E-state index in [4.69, 9.17) is 17.3 Å². The molecule has 1 saturated carbocycles. The Bertz CT molecular complexity index is 799. The van der Waals surface area contributed by atoms with E-state index in [2.05, 4.69) is 10.6 Å². The van der Waals surface area contributed by atoms with Crippen molar-refractivity contribution in [2.45, 2.75) is 19.3 Å². The van der Waals surface area contributed by atoms with Gasteiger partial charge < -0.3 is 16.4 Å². The van der Waals surface area contributed by atoms with Crippen LogP contribution in [0.1, 0.15) is 29.6 Å². The predicted molar refractivity (Wildman–Crippen MR) is 112 cm³/mol. The van der Waals surface area contributed by atoms with E-state index < -0.39 is 0 Å². The zero-order chi connectivity index (χ0) is 18.5. The molecular formula is C20H23Cl2N3O2. The SMILES string of the molecule is Cl.NC[C@H]1CCC[C@H]1C(=O)Nc1ccc(Cl)c(C(=O)Nc2ccccc2)c1. The first-order valence-corrected chi connectivity index (χ1v) is 9.13. The maximum Gasteiger partial charge on any atom is 0.257 e. The number of amides is 2. The van der Waals surface area contributed by atoms with Gasteiger partial charge in [-0.1, -0.05) is 36.2 Å². The van der Waals surface area contributed by atoms with Crippen LogP contribution in [-0.2, 0) is 4.79 Å². The molecule has 27 heavy (non-hydrogen) atoms. The molecule has 4 N–H and O–H groups in total. The van der Waals surface area contributed by atoms with Gasteiger partial charge in [0.15, 0.2) is 0 Å². The third kappa shape index (κ3) is 5.22. The number of benzene rings is 2. The lowest BCUT2D eigenvalue weighted by Gasteiger charge is -2.18. The summed E-state index contributed by atoms with van der Waals surface area (Å²) in [5, 5.41) is 6.03. The molecule has 1 aliphatic carbocycles. The summed E-state index contributed by atoms with van der Waals surface area (Å²) < 4.78 is 0. The lowest BCUT2D eigenvalue weighted by Crippen LogP contribution is -2.29. The van der Waals surface area contributed by atoms with Gasteiger partial charge in [0.2, 0.25) is 5.91 Å². The second kappa shape index (κ2) is 9.74. The topological polar surface area (TPSA) is 84.2 Å².